The second-order valence-electron chi connectivity index (χ2n) is 4.18. The molecular weight excluding hydrogens is 226 g/mol. The van der Waals surface area contributed by atoms with Crippen LogP contribution in [0.3, 0.4) is 0 Å². The second-order valence-corrected chi connectivity index (χ2v) is 4.18. The van der Waals surface area contributed by atoms with E-state index in [0.717, 1.165) is 23.4 Å². The highest BCUT2D eigenvalue weighted by Crippen LogP contribution is 2.17. The highest BCUT2D eigenvalue weighted by Gasteiger charge is 2.05. The molecule has 0 aliphatic heterocycles. The Hall–Kier alpha value is -1.94. The van der Waals surface area contributed by atoms with E-state index in [1.165, 1.54) is 6.07 Å². The zero-order valence-electron chi connectivity index (χ0n) is 10.7. The SMILES string of the molecule is CCNCc1cc(=O)[nH]c(-c2ccccc2C)n1. The fraction of sp³-hybridized carbons (Fsp3) is 0.286. The fourth-order valence-electron chi connectivity index (χ4n) is 1.82. The van der Waals surface area contributed by atoms with Gasteiger partial charge in [0, 0.05) is 18.2 Å². The lowest BCUT2D eigenvalue weighted by molar-refractivity contribution is 0.708. The standard InChI is InChI=1S/C14H17N3O/c1-3-15-9-11-8-13(18)17-14(16-11)12-7-5-4-6-10(12)2/h4-8,15H,3,9H2,1-2H3,(H,16,17,18). The maximum Gasteiger partial charge on any atom is 0.251 e. The number of aromatic amines is 1. The summed E-state index contributed by atoms with van der Waals surface area (Å²) in [7, 11) is 0. The van der Waals surface area contributed by atoms with Crippen LogP contribution in [0.2, 0.25) is 0 Å². The van der Waals surface area contributed by atoms with Crippen LogP contribution in [0.1, 0.15) is 18.2 Å². The van der Waals surface area contributed by atoms with Crippen molar-refractivity contribution in [2.24, 2.45) is 0 Å². The van der Waals surface area contributed by atoms with Crippen molar-refractivity contribution in [3.8, 4) is 11.4 Å². The molecule has 0 aliphatic rings. The van der Waals surface area contributed by atoms with Crippen molar-refractivity contribution >= 4 is 0 Å². The normalized spacial score (nSPS) is 10.6. The molecule has 0 bridgehead atoms. The molecule has 0 unspecified atom stereocenters. The van der Waals surface area contributed by atoms with Gasteiger partial charge in [-0.1, -0.05) is 31.2 Å². The largest absolute Gasteiger partial charge is 0.311 e. The average molecular weight is 243 g/mol. The number of hydrogen-bond donors (Lipinski definition) is 2. The molecule has 2 N–H and O–H groups in total. The van der Waals surface area contributed by atoms with Gasteiger partial charge in [0.2, 0.25) is 0 Å². The van der Waals surface area contributed by atoms with E-state index in [-0.39, 0.29) is 5.56 Å². The van der Waals surface area contributed by atoms with Crippen molar-refractivity contribution in [1.29, 1.82) is 0 Å². The van der Waals surface area contributed by atoms with Crippen LogP contribution in [-0.2, 0) is 6.54 Å². The quantitative estimate of drug-likeness (QED) is 0.861. The molecule has 4 heteroatoms. The molecule has 94 valence electrons. The summed E-state index contributed by atoms with van der Waals surface area (Å²) in [5.41, 5.74) is 2.71. The maximum absolute atomic E-state index is 11.6. The second kappa shape index (κ2) is 5.60. The number of aromatic nitrogens is 2. The Kier molecular flexibility index (Phi) is 3.89. The van der Waals surface area contributed by atoms with Gasteiger partial charge in [0.25, 0.3) is 5.56 Å². The number of nitrogens with one attached hydrogen (secondary N) is 2. The lowest BCUT2D eigenvalue weighted by Crippen LogP contribution is -2.17. The highest BCUT2D eigenvalue weighted by atomic mass is 16.1. The Bertz CT molecular complexity index is 590. The number of aryl methyl sites for hydroxylation is 1. The minimum atomic E-state index is -0.115. The topological polar surface area (TPSA) is 57.8 Å². The van der Waals surface area contributed by atoms with Crippen molar-refractivity contribution in [3.05, 3.63) is 51.9 Å². The molecule has 18 heavy (non-hydrogen) atoms. The predicted molar refractivity (Wildman–Crippen MR) is 72.4 cm³/mol. The molecule has 1 heterocycles. The van der Waals surface area contributed by atoms with Crippen molar-refractivity contribution in [2.45, 2.75) is 20.4 Å². The van der Waals surface area contributed by atoms with Gasteiger partial charge in [-0.05, 0) is 19.0 Å². The van der Waals surface area contributed by atoms with Crippen LogP contribution < -0.4 is 10.9 Å². The van der Waals surface area contributed by atoms with E-state index in [1.807, 2.05) is 38.1 Å². The number of H-pyrrole nitrogens is 1. The third kappa shape index (κ3) is 2.84. The van der Waals surface area contributed by atoms with Gasteiger partial charge in [-0.2, -0.15) is 0 Å². The molecule has 0 aliphatic carbocycles. The van der Waals surface area contributed by atoms with E-state index in [4.69, 9.17) is 0 Å². The van der Waals surface area contributed by atoms with Gasteiger partial charge >= 0.3 is 0 Å². The summed E-state index contributed by atoms with van der Waals surface area (Å²) in [4.78, 5) is 18.9. The Balaban J connectivity index is 2.42. The van der Waals surface area contributed by atoms with Gasteiger partial charge in [0.15, 0.2) is 0 Å². The van der Waals surface area contributed by atoms with Gasteiger partial charge in [0.1, 0.15) is 5.82 Å². The monoisotopic (exact) mass is 243 g/mol. The van der Waals surface area contributed by atoms with Crippen LogP contribution in [0.25, 0.3) is 11.4 Å². The molecule has 0 fully saturated rings. The predicted octanol–water partition coefficient (Wildman–Crippen LogP) is 1.85. The molecule has 2 rings (SSSR count). The molecule has 1 aromatic carbocycles. The van der Waals surface area contributed by atoms with Crippen molar-refractivity contribution < 1.29 is 0 Å². The highest BCUT2D eigenvalue weighted by molar-refractivity contribution is 5.59. The maximum atomic E-state index is 11.6. The van der Waals surface area contributed by atoms with Crippen LogP contribution in [0.4, 0.5) is 0 Å². The molecule has 2 aromatic rings. The fourth-order valence-corrected chi connectivity index (χ4v) is 1.82. The minimum Gasteiger partial charge on any atom is -0.311 e. The first-order valence-corrected chi connectivity index (χ1v) is 6.07. The van der Waals surface area contributed by atoms with Crippen LogP contribution in [0.15, 0.2) is 35.1 Å². The van der Waals surface area contributed by atoms with Gasteiger partial charge in [-0.3, -0.25) is 4.79 Å². The molecule has 0 radical (unpaired) electrons. The van der Waals surface area contributed by atoms with Crippen LogP contribution in [0.5, 0.6) is 0 Å². The van der Waals surface area contributed by atoms with Crippen molar-refractivity contribution in [1.82, 2.24) is 15.3 Å². The lowest BCUT2D eigenvalue weighted by Gasteiger charge is -2.07. The van der Waals surface area contributed by atoms with Crippen LogP contribution >= 0.6 is 0 Å². The Labute approximate surface area is 106 Å². The molecule has 0 atom stereocenters. The van der Waals surface area contributed by atoms with Crippen molar-refractivity contribution in [3.63, 3.8) is 0 Å². The minimum absolute atomic E-state index is 0.115. The summed E-state index contributed by atoms with van der Waals surface area (Å²) < 4.78 is 0. The molecule has 4 nitrogen and oxygen atoms in total. The lowest BCUT2D eigenvalue weighted by atomic mass is 10.1. The molecule has 0 saturated carbocycles. The van der Waals surface area contributed by atoms with Crippen LogP contribution in [0, 0.1) is 6.92 Å². The zero-order valence-corrected chi connectivity index (χ0v) is 10.7. The Morgan fingerprint density at radius 2 is 2.11 bits per heavy atom. The van der Waals surface area contributed by atoms with Gasteiger partial charge in [0.05, 0.1) is 5.69 Å². The number of nitrogens with zero attached hydrogens (tertiary/aromatic N) is 1. The third-order valence-electron chi connectivity index (χ3n) is 2.75. The Morgan fingerprint density at radius 1 is 1.33 bits per heavy atom. The molecule has 0 amide bonds. The van der Waals surface area contributed by atoms with Gasteiger partial charge in [-0.25, -0.2) is 4.98 Å². The molecule has 0 saturated heterocycles. The molecular formula is C14H17N3O. The van der Waals surface area contributed by atoms with E-state index < -0.39 is 0 Å². The molecule has 0 spiro atoms. The first-order chi connectivity index (χ1) is 8.70. The summed E-state index contributed by atoms with van der Waals surface area (Å²) in [6, 6.07) is 9.42. The van der Waals surface area contributed by atoms with E-state index in [2.05, 4.69) is 15.3 Å². The van der Waals surface area contributed by atoms with Crippen LogP contribution in [-0.4, -0.2) is 16.5 Å². The van der Waals surface area contributed by atoms with E-state index in [9.17, 15) is 4.79 Å². The average Bonchev–Trinajstić information content (AvgIpc) is 2.36. The summed E-state index contributed by atoms with van der Waals surface area (Å²) in [5, 5.41) is 3.17. The van der Waals surface area contributed by atoms with Crippen molar-refractivity contribution in [2.75, 3.05) is 6.54 Å². The van der Waals surface area contributed by atoms with E-state index in [0.29, 0.717) is 12.4 Å². The zero-order chi connectivity index (χ0) is 13.0. The first kappa shape index (κ1) is 12.5. The van der Waals surface area contributed by atoms with E-state index in [1.54, 1.807) is 0 Å². The summed E-state index contributed by atoms with van der Waals surface area (Å²) in [6.45, 7) is 5.50. The first-order valence-electron chi connectivity index (χ1n) is 6.07. The van der Waals surface area contributed by atoms with Gasteiger partial charge < -0.3 is 10.3 Å². The molecule has 1 aromatic heterocycles. The van der Waals surface area contributed by atoms with Gasteiger partial charge in [-0.15, -0.1) is 0 Å². The number of hydrogen-bond acceptors (Lipinski definition) is 3. The number of benzene rings is 1. The summed E-state index contributed by atoms with van der Waals surface area (Å²) >= 11 is 0. The van der Waals surface area contributed by atoms with E-state index >= 15 is 0 Å². The summed E-state index contributed by atoms with van der Waals surface area (Å²) in [6.07, 6.45) is 0. The smallest absolute Gasteiger partial charge is 0.251 e. The third-order valence-corrected chi connectivity index (χ3v) is 2.75. The summed E-state index contributed by atoms with van der Waals surface area (Å²) in [5.74, 6) is 0.633. The number of rotatable bonds is 4. The Morgan fingerprint density at radius 3 is 2.83 bits per heavy atom.